The van der Waals surface area contributed by atoms with Gasteiger partial charge in [0.05, 0.1) is 5.56 Å². The molecule has 0 saturated heterocycles. The second-order valence-corrected chi connectivity index (χ2v) is 5.81. The van der Waals surface area contributed by atoms with E-state index < -0.39 is 0 Å². The average molecular weight is 366 g/mol. The Bertz CT molecular complexity index is 708. The van der Waals surface area contributed by atoms with Crippen molar-refractivity contribution in [3.05, 3.63) is 53.2 Å². The van der Waals surface area contributed by atoms with Crippen LogP contribution in [0.25, 0.3) is 11.4 Å². The van der Waals surface area contributed by atoms with Crippen LogP contribution in [0.1, 0.15) is 19.5 Å². The van der Waals surface area contributed by atoms with Gasteiger partial charge in [0.1, 0.15) is 17.3 Å². The molecule has 0 unspecified atom stereocenters. The van der Waals surface area contributed by atoms with Crippen molar-refractivity contribution in [2.24, 2.45) is 10.8 Å². The SMILES string of the molecule is C=C/N=C(/c1c[nH]c(-c2ccc(Br)cc2F)n1)N(N)C(C)C. The van der Waals surface area contributed by atoms with Gasteiger partial charge in [0.15, 0.2) is 5.84 Å². The summed E-state index contributed by atoms with van der Waals surface area (Å²) in [5.41, 5.74) is 0.897. The Labute approximate surface area is 136 Å². The van der Waals surface area contributed by atoms with Crippen LogP contribution in [0.3, 0.4) is 0 Å². The number of amidine groups is 1. The monoisotopic (exact) mass is 365 g/mol. The number of aromatic nitrogens is 2. The van der Waals surface area contributed by atoms with Crippen molar-refractivity contribution in [3.8, 4) is 11.4 Å². The minimum atomic E-state index is -0.369. The molecule has 0 fully saturated rings. The van der Waals surface area contributed by atoms with Gasteiger partial charge in [-0.05, 0) is 32.0 Å². The number of aliphatic imine (C=N–C) groups is 1. The van der Waals surface area contributed by atoms with E-state index in [2.05, 4.69) is 37.5 Å². The summed E-state index contributed by atoms with van der Waals surface area (Å²) in [7, 11) is 0. The molecule has 0 spiro atoms. The van der Waals surface area contributed by atoms with Gasteiger partial charge in [-0.2, -0.15) is 0 Å². The van der Waals surface area contributed by atoms with Gasteiger partial charge >= 0.3 is 0 Å². The Kier molecular flexibility index (Phi) is 5.10. The van der Waals surface area contributed by atoms with Crippen LogP contribution in [0.4, 0.5) is 4.39 Å². The van der Waals surface area contributed by atoms with Crippen molar-refractivity contribution in [2.75, 3.05) is 0 Å². The molecule has 0 saturated carbocycles. The summed E-state index contributed by atoms with van der Waals surface area (Å²) in [6.07, 6.45) is 3.04. The van der Waals surface area contributed by atoms with E-state index in [0.717, 1.165) is 0 Å². The van der Waals surface area contributed by atoms with E-state index >= 15 is 0 Å². The van der Waals surface area contributed by atoms with E-state index in [1.807, 2.05) is 13.8 Å². The Balaban J connectivity index is 2.41. The number of hydrogen-bond acceptors (Lipinski definition) is 3. The first-order valence-electron chi connectivity index (χ1n) is 6.68. The van der Waals surface area contributed by atoms with Gasteiger partial charge in [0, 0.05) is 22.9 Å². The number of aromatic amines is 1. The molecule has 1 aromatic carbocycles. The maximum Gasteiger partial charge on any atom is 0.170 e. The lowest BCUT2D eigenvalue weighted by Crippen LogP contribution is -2.43. The molecule has 7 heteroatoms. The zero-order valence-corrected chi connectivity index (χ0v) is 13.9. The molecule has 1 heterocycles. The fourth-order valence-electron chi connectivity index (χ4n) is 1.85. The highest BCUT2D eigenvalue weighted by atomic mass is 79.9. The lowest BCUT2D eigenvalue weighted by Gasteiger charge is -2.22. The molecular weight excluding hydrogens is 349 g/mol. The van der Waals surface area contributed by atoms with Crippen LogP contribution in [-0.2, 0) is 0 Å². The van der Waals surface area contributed by atoms with Gasteiger partial charge in [-0.25, -0.2) is 20.2 Å². The molecule has 2 rings (SSSR count). The van der Waals surface area contributed by atoms with Crippen LogP contribution in [0.5, 0.6) is 0 Å². The van der Waals surface area contributed by atoms with E-state index in [-0.39, 0.29) is 11.9 Å². The molecule has 0 bridgehead atoms. The van der Waals surface area contributed by atoms with Crippen LogP contribution in [0.15, 0.2) is 46.6 Å². The third-order valence-corrected chi connectivity index (χ3v) is 3.50. The summed E-state index contributed by atoms with van der Waals surface area (Å²) in [6.45, 7) is 7.45. The minimum absolute atomic E-state index is 0.0308. The van der Waals surface area contributed by atoms with Crippen molar-refractivity contribution < 1.29 is 4.39 Å². The number of benzene rings is 1. The summed E-state index contributed by atoms with van der Waals surface area (Å²) in [6, 6.07) is 4.82. The van der Waals surface area contributed by atoms with Gasteiger partial charge in [-0.15, -0.1) is 0 Å². The molecule has 1 aromatic heterocycles. The first kappa shape index (κ1) is 16.4. The van der Waals surface area contributed by atoms with Gasteiger partial charge < -0.3 is 4.98 Å². The third kappa shape index (κ3) is 3.42. The number of rotatable bonds is 4. The second kappa shape index (κ2) is 6.85. The number of H-pyrrole nitrogens is 1. The molecule has 0 radical (unpaired) electrons. The largest absolute Gasteiger partial charge is 0.344 e. The van der Waals surface area contributed by atoms with Crippen LogP contribution < -0.4 is 5.84 Å². The summed E-state index contributed by atoms with van der Waals surface area (Å²) < 4.78 is 14.7. The standard InChI is InChI=1S/C15H17BrFN5/c1-4-19-15(22(18)9(2)3)13-8-20-14(21-13)11-6-5-10(16)7-12(11)17/h4-9H,1,18H2,2-3H3,(H,20,21)/b19-15-. The average Bonchev–Trinajstić information content (AvgIpc) is 2.93. The molecule has 22 heavy (non-hydrogen) atoms. The maximum absolute atomic E-state index is 14.0. The normalized spacial score (nSPS) is 11.8. The highest BCUT2D eigenvalue weighted by Gasteiger charge is 2.17. The van der Waals surface area contributed by atoms with Gasteiger partial charge in [0.25, 0.3) is 0 Å². The fraction of sp³-hybridized carbons (Fsp3) is 0.200. The highest BCUT2D eigenvalue weighted by molar-refractivity contribution is 9.10. The number of nitrogens with one attached hydrogen (secondary N) is 1. The molecule has 2 aromatic rings. The van der Waals surface area contributed by atoms with E-state index in [1.165, 1.54) is 17.3 Å². The molecule has 0 amide bonds. The number of hydrazine groups is 1. The first-order chi connectivity index (χ1) is 10.4. The number of nitrogens with zero attached hydrogens (tertiary/aromatic N) is 3. The zero-order valence-electron chi connectivity index (χ0n) is 12.3. The van der Waals surface area contributed by atoms with Gasteiger partial charge in [0.2, 0.25) is 0 Å². The molecule has 116 valence electrons. The summed E-state index contributed by atoms with van der Waals surface area (Å²) in [4.78, 5) is 11.5. The molecule has 0 aliphatic rings. The minimum Gasteiger partial charge on any atom is -0.344 e. The topological polar surface area (TPSA) is 70.3 Å². The quantitative estimate of drug-likeness (QED) is 0.377. The predicted octanol–water partition coefficient (Wildman–Crippen LogP) is 3.45. The van der Waals surface area contributed by atoms with Crippen molar-refractivity contribution in [1.82, 2.24) is 15.0 Å². The van der Waals surface area contributed by atoms with Crippen LogP contribution in [0.2, 0.25) is 0 Å². The Morgan fingerprint density at radius 1 is 1.55 bits per heavy atom. The smallest absolute Gasteiger partial charge is 0.170 e. The molecular formula is C15H17BrFN5. The van der Waals surface area contributed by atoms with Crippen LogP contribution in [0, 0.1) is 5.82 Å². The molecule has 3 N–H and O–H groups in total. The van der Waals surface area contributed by atoms with Crippen molar-refractivity contribution in [2.45, 2.75) is 19.9 Å². The van der Waals surface area contributed by atoms with E-state index in [0.29, 0.717) is 27.4 Å². The van der Waals surface area contributed by atoms with E-state index in [1.54, 1.807) is 18.3 Å². The number of nitrogens with two attached hydrogens (primary N) is 1. The number of imidazole rings is 1. The number of hydrogen-bond donors (Lipinski definition) is 2. The van der Waals surface area contributed by atoms with Gasteiger partial charge in [-0.3, -0.25) is 5.01 Å². The second-order valence-electron chi connectivity index (χ2n) is 4.89. The van der Waals surface area contributed by atoms with Gasteiger partial charge in [-0.1, -0.05) is 22.5 Å². The Morgan fingerprint density at radius 2 is 2.27 bits per heavy atom. The van der Waals surface area contributed by atoms with E-state index in [4.69, 9.17) is 5.84 Å². The predicted molar refractivity (Wildman–Crippen MR) is 89.6 cm³/mol. The molecule has 0 aliphatic heterocycles. The molecule has 0 aliphatic carbocycles. The first-order valence-corrected chi connectivity index (χ1v) is 7.47. The maximum atomic E-state index is 14.0. The zero-order chi connectivity index (χ0) is 16.3. The van der Waals surface area contributed by atoms with Crippen molar-refractivity contribution >= 4 is 21.8 Å². The van der Waals surface area contributed by atoms with Crippen LogP contribution >= 0.6 is 15.9 Å². The number of halogens is 2. The Morgan fingerprint density at radius 3 is 2.86 bits per heavy atom. The fourth-order valence-corrected chi connectivity index (χ4v) is 2.19. The Hall–Kier alpha value is -1.99. The van der Waals surface area contributed by atoms with Crippen LogP contribution in [-0.4, -0.2) is 26.9 Å². The summed E-state index contributed by atoms with van der Waals surface area (Å²) in [5, 5.41) is 1.49. The summed E-state index contributed by atoms with van der Waals surface area (Å²) >= 11 is 3.23. The lowest BCUT2D eigenvalue weighted by molar-refractivity contribution is 0.363. The van der Waals surface area contributed by atoms with Crippen molar-refractivity contribution in [1.29, 1.82) is 0 Å². The summed E-state index contributed by atoms with van der Waals surface area (Å²) in [5.74, 6) is 6.50. The van der Waals surface area contributed by atoms with Crippen molar-refractivity contribution in [3.63, 3.8) is 0 Å². The molecule has 5 nitrogen and oxygen atoms in total. The third-order valence-electron chi connectivity index (χ3n) is 3.01. The molecule has 0 atom stereocenters. The lowest BCUT2D eigenvalue weighted by atomic mass is 10.2. The van der Waals surface area contributed by atoms with E-state index in [9.17, 15) is 4.39 Å². The highest BCUT2D eigenvalue weighted by Crippen LogP contribution is 2.23.